The Hall–Kier alpha value is -0.670. The molecule has 1 atom stereocenters. The van der Waals surface area contributed by atoms with Crippen LogP contribution in [0.2, 0.25) is 0 Å². The van der Waals surface area contributed by atoms with Crippen LogP contribution in [-0.2, 0) is 4.79 Å². The van der Waals surface area contributed by atoms with Crippen LogP contribution in [0, 0.1) is 5.92 Å². The number of carbonyl (C=O) groups excluding carboxylic acids is 1. The van der Waals surface area contributed by atoms with Crippen LogP contribution in [0.25, 0.3) is 0 Å². The van der Waals surface area contributed by atoms with E-state index in [2.05, 4.69) is 0 Å². The highest BCUT2D eigenvalue weighted by molar-refractivity contribution is 7.10. The van der Waals surface area contributed by atoms with E-state index in [4.69, 9.17) is 5.73 Å². The molecule has 1 unspecified atom stereocenters. The van der Waals surface area contributed by atoms with E-state index in [9.17, 15) is 4.79 Å². The lowest BCUT2D eigenvalue weighted by Crippen LogP contribution is -2.21. The largest absolute Gasteiger partial charge is 0.317 e. The van der Waals surface area contributed by atoms with Crippen molar-refractivity contribution < 1.29 is 4.79 Å². The first kappa shape index (κ1) is 7.95. The Morgan fingerprint density at radius 1 is 1.67 bits per heavy atom. The van der Waals surface area contributed by atoms with Crippen LogP contribution in [0.5, 0.6) is 0 Å². The lowest BCUT2D eigenvalue weighted by molar-refractivity contribution is -0.121. The quantitative estimate of drug-likeness (QED) is 0.771. The number of Topliss-reactive ketones (excluding diaryl/α,β-unsaturated/α-hetero) is 1. The highest BCUT2D eigenvalue weighted by atomic mass is 32.1. The molecule has 1 aromatic rings. The van der Waals surface area contributed by atoms with Gasteiger partial charge >= 0.3 is 0 Å². The minimum Gasteiger partial charge on any atom is -0.317 e. The lowest BCUT2D eigenvalue weighted by atomic mass is 10.1. The molecular formula is C9H11NOS. The van der Waals surface area contributed by atoms with Gasteiger partial charge in [0.05, 0.1) is 6.04 Å². The summed E-state index contributed by atoms with van der Waals surface area (Å²) in [5, 5.41) is 1.95. The van der Waals surface area contributed by atoms with E-state index < -0.39 is 0 Å². The molecule has 0 amide bonds. The minimum absolute atomic E-state index is 0.220. The average molecular weight is 181 g/mol. The van der Waals surface area contributed by atoms with Crippen LogP contribution in [-0.4, -0.2) is 5.78 Å². The third-order valence-corrected chi connectivity index (χ3v) is 3.09. The molecular weight excluding hydrogens is 170 g/mol. The van der Waals surface area contributed by atoms with Crippen molar-refractivity contribution in [2.24, 2.45) is 11.7 Å². The zero-order valence-corrected chi connectivity index (χ0v) is 7.51. The molecule has 0 radical (unpaired) electrons. The number of thiophene rings is 1. The first-order valence-electron chi connectivity index (χ1n) is 4.12. The summed E-state index contributed by atoms with van der Waals surface area (Å²) in [7, 11) is 0. The van der Waals surface area contributed by atoms with Crippen LogP contribution in [0.1, 0.15) is 23.8 Å². The summed E-state index contributed by atoms with van der Waals surface area (Å²) in [5.74, 6) is 0.486. The Kier molecular flexibility index (Phi) is 1.98. The molecule has 2 rings (SSSR count). The van der Waals surface area contributed by atoms with Crippen LogP contribution >= 0.6 is 11.3 Å². The van der Waals surface area contributed by atoms with Crippen molar-refractivity contribution in [3.05, 3.63) is 22.4 Å². The molecule has 0 aromatic carbocycles. The van der Waals surface area contributed by atoms with Gasteiger partial charge in [0, 0.05) is 10.8 Å². The molecule has 2 N–H and O–H groups in total. The molecule has 0 aliphatic heterocycles. The summed E-state index contributed by atoms with van der Waals surface area (Å²) < 4.78 is 0. The molecule has 1 saturated carbocycles. The van der Waals surface area contributed by atoms with Crippen molar-refractivity contribution in [2.45, 2.75) is 18.9 Å². The Morgan fingerprint density at radius 3 is 2.92 bits per heavy atom. The second-order valence-corrected chi connectivity index (χ2v) is 4.15. The van der Waals surface area contributed by atoms with E-state index >= 15 is 0 Å². The maximum Gasteiger partial charge on any atom is 0.157 e. The highest BCUT2D eigenvalue weighted by Gasteiger charge is 2.33. The molecule has 1 fully saturated rings. The van der Waals surface area contributed by atoms with Gasteiger partial charge in [-0.2, -0.15) is 0 Å². The van der Waals surface area contributed by atoms with Gasteiger partial charge in [-0.1, -0.05) is 6.07 Å². The summed E-state index contributed by atoms with van der Waals surface area (Å²) in [5.41, 5.74) is 5.78. The second kappa shape index (κ2) is 2.99. The van der Waals surface area contributed by atoms with E-state index in [-0.39, 0.29) is 17.7 Å². The van der Waals surface area contributed by atoms with Gasteiger partial charge in [-0.05, 0) is 24.3 Å². The van der Waals surface area contributed by atoms with Crippen molar-refractivity contribution in [2.75, 3.05) is 0 Å². The van der Waals surface area contributed by atoms with E-state index in [1.165, 1.54) is 0 Å². The van der Waals surface area contributed by atoms with E-state index in [0.29, 0.717) is 0 Å². The van der Waals surface area contributed by atoms with Crippen molar-refractivity contribution in [1.82, 2.24) is 0 Å². The van der Waals surface area contributed by atoms with Gasteiger partial charge in [0.1, 0.15) is 0 Å². The number of nitrogens with two attached hydrogens (primary N) is 1. The van der Waals surface area contributed by atoms with E-state index in [0.717, 1.165) is 17.7 Å². The van der Waals surface area contributed by atoms with Crippen LogP contribution in [0.15, 0.2) is 17.5 Å². The average Bonchev–Trinajstić information content (AvgIpc) is 2.79. The normalized spacial score (nSPS) is 19.1. The monoisotopic (exact) mass is 181 g/mol. The van der Waals surface area contributed by atoms with Crippen LogP contribution < -0.4 is 5.73 Å². The molecule has 1 aromatic heterocycles. The molecule has 3 heteroatoms. The van der Waals surface area contributed by atoms with E-state index in [1.54, 1.807) is 11.3 Å². The van der Waals surface area contributed by atoms with Crippen molar-refractivity contribution >= 4 is 17.1 Å². The Bertz CT molecular complexity index is 277. The summed E-state index contributed by atoms with van der Waals surface area (Å²) >= 11 is 1.56. The van der Waals surface area contributed by atoms with Crippen molar-refractivity contribution in [3.8, 4) is 0 Å². The third kappa shape index (κ3) is 1.42. The molecule has 0 saturated heterocycles. The van der Waals surface area contributed by atoms with Gasteiger partial charge < -0.3 is 5.73 Å². The zero-order valence-electron chi connectivity index (χ0n) is 6.69. The van der Waals surface area contributed by atoms with Crippen molar-refractivity contribution in [3.63, 3.8) is 0 Å². The Balaban J connectivity index is 2.08. The van der Waals surface area contributed by atoms with Crippen LogP contribution in [0.3, 0.4) is 0 Å². The Labute approximate surface area is 75.4 Å². The second-order valence-electron chi connectivity index (χ2n) is 3.17. The van der Waals surface area contributed by atoms with Gasteiger partial charge in [-0.15, -0.1) is 11.3 Å². The minimum atomic E-state index is -0.363. The number of ketones is 1. The molecule has 64 valence electrons. The van der Waals surface area contributed by atoms with E-state index in [1.807, 2.05) is 17.5 Å². The van der Waals surface area contributed by atoms with Gasteiger partial charge in [-0.25, -0.2) is 0 Å². The zero-order chi connectivity index (χ0) is 8.55. The molecule has 12 heavy (non-hydrogen) atoms. The van der Waals surface area contributed by atoms with Crippen LogP contribution in [0.4, 0.5) is 0 Å². The number of rotatable bonds is 3. The summed E-state index contributed by atoms with van der Waals surface area (Å²) in [6.07, 6.45) is 2.08. The Morgan fingerprint density at radius 2 is 2.42 bits per heavy atom. The number of hydrogen-bond donors (Lipinski definition) is 1. The van der Waals surface area contributed by atoms with Gasteiger partial charge in [0.2, 0.25) is 0 Å². The topological polar surface area (TPSA) is 43.1 Å². The molecule has 0 bridgehead atoms. The summed E-state index contributed by atoms with van der Waals surface area (Å²) in [6, 6.07) is 3.49. The number of hydrogen-bond acceptors (Lipinski definition) is 3. The third-order valence-electron chi connectivity index (χ3n) is 2.14. The number of carbonyl (C=O) groups is 1. The maximum absolute atomic E-state index is 11.5. The summed E-state index contributed by atoms with van der Waals surface area (Å²) in [6.45, 7) is 0. The van der Waals surface area contributed by atoms with Crippen molar-refractivity contribution in [1.29, 1.82) is 0 Å². The fourth-order valence-electron chi connectivity index (χ4n) is 1.23. The van der Waals surface area contributed by atoms with Gasteiger partial charge in [0.15, 0.2) is 5.78 Å². The summed E-state index contributed by atoms with van der Waals surface area (Å²) in [4.78, 5) is 12.5. The highest BCUT2D eigenvalue weighted by Crippen LogP contribution is 2.34. The predicted octanol–water partition coefficient (Wildman–Crippen LogP) is 1.73. The fraction of sp³-hybridized carbons (Fsp3) is 0.444. The molecule has 1 aliphatic rings. The fourth-order valence-corrected chi connectivity index (χ4v) is 1.96. The smallest absolute Gasteiger partial charge is 0.157 e. The molecule has 1 heterocycles. The maximum atomic E-state index is 11.5. The first-order valence-corrected chi connectivity index (χ1v) is 4.99. The molecule has 2 nitrogen and oxygen atoms in total. The molecule has 1 aliphatic carbocycles. The first-order chi connectivity index (χ1) is 5.79. The lowest BCUT2D eigenvalue weighted by Gasteiger charge is -2.06. The standard InChI is InChI=1S/C9H11NOS/c10-8(7-2-1-5-12-7)9(11)6-3-4-6/h1-2,5-6,8H,3-4,10H2. The molecule has 0 spiro atoms. The SMILES string of the molecule is NC(C(=O)C1CC1)c1cccs1. The van der Waals surface area contributed by atoms with Gasteiger partial charge in [0.25, 0.3) is 0 Å². The predicted molar refractivity (Wildman–Crippen MR) is 49.0 cm³/mol. The van der Waals surface area contributed by atoms with Gasteiger partial charge in [-0.3, -0.25) is 4.79 Å².